The van der Waals surface area contributed by atoms with E-state index in [0.29, 0.717) is 19.6 Å². The van der Waals surface area contributed by atoms with Crippen LogP contribution >= 0.6 is 11.8 Å². The number of nitrogens with zero attached hydrogens (tertiary/aromatic N) is 2. The quantitative estimate of drug-likeness (QED) is 0.687. The van der Waals surface area contributed by atoms with E-state index in [1.54, 1.807) is 18.9 Å². The minimum atomic E-state index is -0.140. The molecule has 1 fully saturated rings. The first kappa shape index (κ1) is 21.6. The average molecular weight is 394 g/mol. The van der Waals surface area contributed by atoms with Gasteiger partial charge in [0.1, 0.15) is 5.75 Å². The maximum Gasteiger partial charge on any atom is 0.235 e. The third kappa shape index (κ3) is 6.74. The van der Waals surface area contributed by atoms with E-state index in [1.807, 2.05) is 43.0 Å². The molecule has 150 valence electrons. The lowest BCUT2D eigenvalue weighted by atomic mass is 10.2. The Morgan fingerprint density at radius 1 is 1.15 bits per heavy atom. The number of methoxy groups -OCH3 is 1. The molecule has 0 bridgehead atoms. The number of hydrogen-bond donors (Lipinski definition) is 1. The maximum atomic E-state index is 12.7. The van der Waals surface area contributed by atoms with Crippen molar-refractivity contribution in [3.05, 3.63) is 24.3 Å². The fourth-order valence-electron chi connectivity index (χ4n) is 2.92. The molecule has 1 saturated heterocycles. The Balaban J connectivity index is 1.77. The van der Waals surface area contributed by atoms with E-state index in [4.69, 9.17) is 4.74 Å². The Kier molecular flexibility index (Phi) is 8.44. The number of ether oxygens (including phenoxy) is 1. The van der Waals surface area contributed by atoms with Gasteiger partial charge in [0, 0.05) is 37.1 Å². The highest BCUT2D eigenvalue weighted by atomic mass is 32.2. The number of amides is 2. The van der Waals surface area contributed by atoms with Crippen molar-refractivity contribution < 1.29 is 14.3 Å². The molecule has 27 heavy (non-hydrogen) atoms. The summed E-state index contributed by atoms with van der Waals surface area (Å²) in [4.78, 5) is 29.8. The van der Waals surface area contributed by atoms with Gasteiger partial charge in [0.15, 0.2) is 0 Å². The predicted molar refractivity (Wildman–Crippen MR) is 109 cm³/mol. The molecule has 1 aliphatic rings. The van der Waals surface area contributed by atoms with Crippen molar-refractivity contribution in [3.63, 3.8) is 0 Å². The fourth-order valence-corrected chi connectivity index (χ4v) is 3.87. The Hall–Kier alpha value is -1.73. The normalized spacial score (nSPS) is 17.3. The molecule has 0 radical (unpaired) electrons. The summed E-state index contributed by atoms with van der Waals surface area (Å²) in [5.41, 5.74) is 0. The van der Waals surface area contributed by atoms with E-state index < -0.39 is 0 Å². The summed E-state index contributed by atoms with van der Waals surface area (Å²) in [5, 5.41) is 2.85. The minimum absolute atomic E-state index is 0.0626. The topological polar surface area (TPSA) is 61.9 Å². The second-order valence-electron chi connectivity index (χ2n) is 6.91. The van der Waals surface area contributed by atoms with Crippen molar-refractivity contribution >= 4 is 23.6 Å². The van der Waals surface area contributed by atoms with Crippen LogP contribution in [0.1, 0.15) is 27.2 Å². The Morgan fingerprint density at radius 3 is 2.33 bits per heavy atom. The van der Waals surface area contributed by atoms with Crippen molar-refractivity contribution in [2.45, 2.75) is 43.4 Å². The molecule has 0 spiro atoms. The van der Waals surface area contributed by atoms with Crippen LogP contribution in [0.2, 0.25) is 0 Å². The van der Waals surface area contributed by atoms with Crippen molar-refractivity contribution in [2.24, 2.45) is 0 Å². The summed E-state index contributed by atoms with van der Waals surface area (Å²) in [6.07, 6.45) is 0.928. The van der Waals surface area contributed by atoms with Gasteiger partial charge in [-0.25, -0.2) is 0 Å². The van der Waals surface area contributed by atoms with Crippen LogP contribution in [-0.2, 0) is 9.59 Å². The molecule has 2 amide bonds. The largest absolute Gasteiger partial charge is 0.497 e. The van der Waals surface area contributed by atoms with Gasteiger partial charge in [0.25, 0.3) is 0 Å². The van der Waals surface area contributed by atoms with E-state index in [1.165, 1.54) is 0 Å². The molecule has 0 saturated carbocycles. The summed E-state index contributed by atoms with van der Waals surface area (Å²) in [6.45, 7) is 9.23. The molecule has 7 heteroatoms. The van der Waals surface area contributed by atoms with Crippen LogP contribution in [0.5, 0.6) is 5.75 Å². The number of carbonyl (C=O) groups is 2. The molecule has 1 aromatic rings. The molecule has 1 N–H and O–H groups in total. The molecule has 1 aliphatic heterocycles. The minimum Gasteiger partial charge on any atom is -0.497 e. The fraction of sp³-hybridized carbons (Fsp3) is 0.600. The SMILES string of the molecule is CCC(C)NC(=O)CN1CCN(C(=O)C(C)Sc2ccc(OC)cc2)CC1. The van der Waals surface area contributed by atoms with Gasteiger partial charge < -0.3 is 15.0 Å². The van der Waals surface area contributed by atoms with Crippen LogP contribution in [0.4, 0.5) is 0 Å². The molecule has 1 heterocycles. The molecule has 0 aromatic heterocycles. The predicted octanol–water partition coefficient (Wildman–Crippen LogP) is 2.23. The zero-order valence-electron chi connectivity index (χ0n) is 16.7. The lowest BCUT2D eigenvalue weighted by Gasteiger charge is -2.35. The number of thioether (sulfide) groups is 1. The summed E-state index contributed by atoms with van der Waals surface area (Å²) in [7, 11) is 1.64. The van der Waals surface area contributed by atoms with Crippen LogP contribution in [0.3, 0.4) is 0 Å². The lowest BCUT2D eigenvalue weighted by molar-refractivity contribution is -0.132. The first-order chi connectivity index (χ1) is 12.9. The number of carbonyl (C=O) groups excluding carboxylic acids is 2. The molecule has 1 aromatic carbocycles. The number of nitrogens with one attached hydrogen (secondary N) is 1. The van der Waals surface area contributed by atoms with Crippen molar-refractivity contribution in [1.82, 2.24) is 15.1 Å². The summed E-state index contributed by atoms with van der Waals surface area (Å²) < 4.78 is 5.16. The van der Waals surface area contributed by atoms with Crippen LogP contribution < -0.4 is 10.1 Å². The maximum absolute atomic E-state index is 12.7. The van der Waals surface area contributed by atoms with Crippen molar-refractivity contribution in [2.75, 3.05) is 39.8 Å². The third-order valence-electron chi connectivity index (χ3n) is 4.79. The smallest absolute Gasteiger partial charge is 0.235 e. The molecule has 2 unspecified atom stereocenters. The molecule has 0 aliphatic carbocycles. The Labute approximate surface area is 166 Å². The Bertz CT molecular complexity index is 615. The number of piperazine rings is 1. The standard InChI is InChI=1S/C20H31N3O3S/c1-5-15(2)21-19(24)14-22-10-12-23(13-11-22)20(25)16(3)27-18-8-6-17(26-4)7-9-18/h6-9,15-16H,5,10-14H2,1-4H3,(H,21,24). The zero-order chi connectivity index (χ0) is 19.8. The van der Waals surface area contributed by atoms with E-state index in [0.717, 1.165) is 30.2 Å². The summed E-state index contributed by atoms with van der Waals surface area (Å²) >= 11 is 1.56. The highest BCUT2D eigenvalue weighted by Crippen LogP contribution is 2.26. The highest BCUT2D eigenvalue weighted by Gasteiger charge is 2.26. The number of benzene rings is 1. The summed E-state index contributed by atoms with van der Waals surface area (Å²) in [6, 6.07) is 7.96. The van der Waals surface area contributed by atoms with Gasteiger partial charge in [-0.3, -0.25) is 14.5 Å². The molecule has 2 atom stereocenters. The van der Waals surface area contributed by atoms with Crippen LogP contribution in [-0.4, -0.2) is 72.7 Å². The second-order valence-corrected chi connectivity index (χ2v) is 8.33. The zero-order valence-corrected chi connectivity index (χ0v) is 17.6. The monoisotopic (exact) mass is 393 g/mol. The van der Waals surface area contributed by atoms with Gasteiger partial charge in [0.05, 0.1) is 18.9 Å². The molecular formula is C20H31N3O3S. The van der Waals surface area contributed by atoms with Crippen LogP contribution in [0.15, 0.2) is 29.2 Å². The third-order valence-corrected chi connectivity index (χ3v) is 5.89. The lowest BCUT2D eigenvalue weighted by Crippen LogP contribution is -2.53. The number of hydrogen-bond acceptors (Lipinski definition) is 5. The van der Waals surface area contributed by atoms with Crippen molar-refractivity contribution in [1.29, 1.82) is 0 Å². The highest BCUT2D eigenvalue weighted by molar-refractivity contribution is 8.00. The Morgan fingerprint density at radius 2 is 1.78 bits per heavy atom. The van der Waals surface area contributed by atoms with Gasteiger partial charge in [-0.15, -0.1) is 11.8 Å². The average Bonchev–Trinajstić information content (AvgIpc) is 2.68. The van der Waals surface area contributed by atoms with Gasteiger partial charge in [0.2, 0.25) is 11.8 Å². The van der Waals surface area contributed by atoms with Crippen molar-refractivity contribution in [3.8, 4) is 5.75 Å². The molecule has 2 rings (SSSR count). The first-order valence-corrected chi connectivity index (χ1v) is 10.4. The summed E-state index contributed by atoms with van der Waals surface area (Å²) in [5.74, 6) is 1.03. The van der Waals surface area contributed by atoms with Crippen LogP contribution in [0.25, 0.3) is 0 Å². The van der Waals surface area contributed by atoms with Gasteiger partial charge in [-0.05, 0) is 44.5 Å². The van der Waals surface area contributed by atoms with Gasteiger partial charge >= 0.3 is 0 Å². The second kappa shape index (κ2) is 10.6. The number of rotatable bonds is 8. The van der Waals surface area contributed by atoms with Gasteiger partial charge in [-0.1, -0.05) is 6.92 Å². The van der Waals surface area contributed by atoms with E-state index in [-0.39, 0.29) is 23.1 Å². The first-order valence-electron chi connectivity index (χ1n) is 9.54. The van der Waals surface area contributed by atoms with E-state index >= 15 is 0 Å². The van der Waals surface area contributed by atoms with E-state index in [2.05, 4.69) is 17.1 Å². The van der Waals surface area contributed by atoms with Gasteiger partial charge in [-0.2, -0.15) is 0 Å². The molecule has 6 nitrogen and oxygen atoms in total. The van der Waals surface area contributed by atoms with E-state index in [9.17, 15) is 9.59 Å². The molecular weight excluding hydrogens is 362 g/mol. The van der Waals surface area contributed by atoms with Crippen LogP contribution in [0, 0.1) is 0 Å².